The third-order valence-electron chi connectivity index (χ3n) is 2.12. The normalized spacial score (nSPS) is 11.9. The van der Waals surface area contributed by atoms with Gasteiger partial charge in [-0.15, -0.1) is 11.3 Å². The van der Waals surface area contributed by atoms with Crippen molar-refractivity contribution in [2.24, 2.45) is 5.14 Å². The second-order valence-corrected chi connectivity index (χ2v) is 6.24. The lowest BCUT2D eigenvalue weighted by Gasteiger charge is -1.97. The molecule has 0 aliphatic carbocycles. The Hall–Kier alpha value is -1.15. The second kappa shape index (κ2) is 3.95. The van der Waals surface area contributed by atoms with Gasteiger partial charge in [0, 0.05) is 10.1 Å². The van der Waals surface area contributed by atoms with E-state index in [-0.39, 0.29) is 14.8 Å². The van der Waals surface area contributed by atoms with Crippen LogP contribution in [0.15, 0.2) is 23.1 Å². The van der Waals surface area contributed by atoms with Crippen LogP contribution in [0.1, 0.15) is 9.67 Å². The molecule has 1 heterocycles. The molecule has 0 aliphatic heterocycles. The monoisotopic (exact) mass is 291 g/mol. The van der Waals surface area contributed by atoms with Crippen molar-refractivity contribution in [2.45, 2.75) is 4.90 Å². The highest BCUT2D eigenvalue weighted by molar-refractivity contribution is 7.89. The molecule has 2 aromatic rings. The molecule has 5 nitrogen and oxygen atoms in total. The van der Waals surface area contributed by atoms with Crippen LogP contribution in [0.3, 0.4) is 0 Å². The fraction of sp³-hybridized carbons (Fsp3) is 0. The number of nitrogens with two attached hydrogens (primary N) is 1. The molecule has 0 radical (unpaired) electrons. The van der Waals surface area contributed by atoms with E-state index in [0.29, 0.717) is 10.1 Å². The summed E-state index contributed by atoms with van der Waals surface area (Å²) in [6.45, 7) is 0. The first kappa shape index (κ1) is 12.3. The van der Waals surface area contributed by atoms with E-state index in [9.17, 15) is 13.2 Å². The Labute approximate surface area is 105 Å². The molecule has 0 aliphatic rings. The van der Waals surface area contributed by atoms with Gasteiger partial charge in [0.05, 0.1) is 9.92 Å². The van der Waals surface area contributed by atoms with Crippen molar-refractivity contribution in [1.82, 2.24) is 0 Å². The zero-order valence-electron chi connectivity index (χ0n) is 8.18. The fourth-order valence-electron chi connectivity index (χ4n) is 1.36. The number of sulfonamides is 1. The van der Waals surface area contributed by atoms with Gasteiger partial charge in [-0.1, -0.05) is 17.7 Å². The lowest BCUT2D eigenvalue weighted by Crippen LogP contribution is -2.11. The maximum absolute atomic E-state index is 11.1. The summed E-state index contributed by atoms with van der Waals surface area (Å²) < 4.78 is 22.7. The highest BCUT2D eigenvalue weighted by Crippen LogP contribution is 2.36. The number of benzene rings is 1. The number of hydrogen-bond acceptors (Lipinski definition) is 4. The van der Waals surface area contributed by atoms with E-state index in [1.165, 1.54) is 18.2 Å². The number of aromatic carboxylic acids is 1. The van der Waals surface area contributed by atoms with E-state index >= 15 is 0 Å². The van der Waals surface area contributed by atoms with Crippen molar-refractivity contribution >= 4 is 49.0 Å². The predicted molar refractivity (Wildman–Crippen MR) is 65.2 cm³/mol. The number of rotatable bonds is 2. The van der Waals surface area contributed by atoms with Gasteiger partial charge in [-0.25, -0.2) is 18.4 Å². The highest BCUT2D eigenvalue weighted by atomic mass is 35.5. The summed E-state index contributed by atoms with van der Waals surface area (Å²) >= 11 is 6.78. The Kier molecular flexibility index (Phi) is 2.86. The van der Waals surface area contributed by atoms with Gasteiger partial charge in [0.2, 0.25) is 10.0 Å². The van der Waals surface area contributed by atoms with Gasteiger partial charge in [-0.2, -0.15) is 0 Å². The molecule has 8 heteroatoms. The Balaban J connectivity index is 2.77. The van der Waals surface area contributed by atoms with Crippen LogP contribution in [0.25, 0.3) is 10.1 Å². The largest absolute Gasteiger partial charge is 0.477 e. The van der Waals surface area contributed by atoms with Gasteiger partial charge in [0.15, 0.2) is 0 Å². The summed E-state index contributed by atoms with van der Waals surface area (Å²) in [6.07, 6.45) is 0. The Morgan fingerprint density at radius 1 is 1.41 bits per heavy atom. The number of hydrogen-bond donors (Lipinski definition) is 2. The van der Waals surface area contributed by atoms with Gasteiger partial charge in [0.25, 0.3) is 0 Å². The number of fused-ring (bicyclic) bond motifs is 1. The maximum Gasteiger partial charge on any atom is 0.347 e. The lowest BCUT2D eigenvalue weighted by atomic mass is 10.2. The van der Waals surface area contributed by atoms with Crippen molar-refractivity contribution in [1.29, 1.82) is 0 Å². The summed E-state index contributed by atoms with van der Waals surface area (Å²) in [5.41, 5.74) is 0. The molecule has 1 aromatic heterocycles. The molecular formula is C9H6ClNO4S2. The van der Waals surface area contributed by atoms with Crippen molar-refractivity contribution in [3.05, 3.63) is 28.1 Å². The van der Waals surface area contributed by atoms with Crippen molar-refractivity contribution in [3.8, 4) is 0 Å². The van der Waals surface area contributed by atoms with Crippen LogP contribution in [-0.2, 0) is 10.0 Å². The zero-order chi connectivity index (χ0) is 12.8. The minimum absolute atomic E-state index is 0.0202. The average Bonchev–Trinajstić information content (AvgIpc) is 2.54. The van der Waals surface area contributed by atoms with Gasteiger partial charge in [-0.05, 0) is 12.1 Å². The van der Waals surface area contributed by atoms with Crippen molar-refractivity contribution in [3.63, 3.8) is 0 Å². The quantitative estimate of drug-likeness (QED) is 0.883. The standard InChI is InChI=1S/C9H6ClNO4S2/c10-7-5-2-1-4(17(11,14)15)3-6(5)16-8(7)9(12)13/h1-3H,(H,12,13)(H2,11,14,15). The van der Waals surface area contributed by atoms with Crippen LogP contribution in [0, 0.1) is 0 Å². The SMILES string of the molecule is NS(=O)(=O)c1ccc2c(Cl)c(C(=O)O)sc2c1. The van der Waals surface area contributed by atoms with Crippen LogP contribution >= 0.6 is 22.9 Å². The van der Waals surface area contributed by atoms with E-state index in [0.717, 1.165) is 11.3 Å². The molecule has 0 saturated heterocycles. The van der Waals surface area contributed by atoms with E-state index in [1.807, 2.05) is 0 Å². The van der Waals surface area contributed by atoms with Crippen molar-refractivity contribution < 1.29 is 18.3 Å². The van der Waals surface area contributed by atoms with Crippen LogP contribution in [-0.4, -0.2) is 19.5 Å². The third kappa shape index (κ3) is 2.14. The molecule has 0 saturated carbocycles. The third-order valence-corrected chi connectivity index (χ3v) is 4.68. The van der Waals surface area contributed by atoms with E-state index in [1.54, 1.807) is 0 Å². The van der Waals surface area contributed by atoms with Crippen LogP contribution < -0.4 is 5.14 Å². The average molecular weight is 292 g/mol. The Morgan fingerprint density at radius 2 is 2.06 bits per heavy atom. The summed E-state index contributed by atoms with van der Waals surface area (Å²) in [5, 5.41) is 14.5. The zero-order valence-corrected chi connectivity index (χ0v) is 10.6. The molecular weight excluding hydrogens is 286 g/mol. The molecule has 17 heavy (non-hydrogen) atoms. The van der Waals surface area contributed by atoms with Crippen LogP contribution in [0.4, 0.5) is 0 Å². The predicted octanol–water partition coefficient (Wildman–Crippen LogP) is 1.90. The van der Waals surface area contributed by atoms with Crippen LogP contribution in [0.5, 0.6) is 0 Å². The molecule has 3 N–H and O–H groups in total. The van der Waals surface area contributed by atoms with Gasteiger partial charge in [0.1, 0.15) is 4.88 Å². The molecule has 0 unspecified atom stereocenters. The molecule has 1 aromatic carbocycles. The molecule has 0 amide bonds. The first-order valence-corrected chi connectivity index (χ1v) is 7.03. The number of thiophene rings is 1. The lowest BCUT2D eigenvalue weighted by molar-refractivity contribution is 0.0702. The van der Waals surface area contributed by atoms with E-state index in [2.05, 4.69) is 0 Å². The molecule has 0 bridgehead atoms. The Bertz CT molecular complexity index is 720. The number of carboxylic acid groups (broad SMARTS) is 1. The van der Waals surface area contributed by atoms with Gasteiger partial charge >= 0.3 is 5.97 Å². The molecule has 90 valence electrons. The van der Waals surface area contributed by atoms with E-state index in [4.69, 9.17) is 21.8 Å². The molecule has 2 rings (SSSR count). The van der Waals surface area contributed by atoms with Gasteiger partial charge in [-0.3, -0.25) is 0 Å². The van der Waals surface area contributed by atoms with E-state index < -0.39 is 16.0 Å². The minimum Gasteiger partial charge on any atom is -0.477 e. The van der Waals surface area contributed by atoms with Crippen LogP contribution in [0.2, 0.25) is 5.02 Å². The molecule has 0 atom stereocenters. The smallest absolute Gasteiger partial charge is 0.347 e. The number of carboxylic acids is 1. The summed E-state index contributed by atoms with van der Waals surface area (Å²) in [5.74, 6) is -1.15. The summed E-state index contributed by atoms with van der Waals surface area (Å²) in [7, 11) is -3.80. The number of halogens is 1. The summed E-state index contributed by atoms with van der Waals surface area (Å²) in [6, 6.07) is 4.05. The maximum atomic E-state index is 11.1. The highest BCUT2D eigenvalue weighted by Gasteiger charge is 2.18. The number of primary sulfonamides is 1. The minimum atomic E-state index is -3.80. The molecule has 0 spiro atoms. The first-order chi connectivity index (χ1) is 7.80. The first-order valence-electron chi connectivity index (χ1n) is 4.29. The number of carbonyl (C=O) groups is 1. The topological polar surface area (TPSA) is 97.5 Å². The molecule has 0 fully saturated rings. The second-order valence-electron chi connectivity index (χ2n) is 3.25. The fourth-order valence-corrected chi connectivity index (χ4v) is 3.36. The summed E-state index contributed by atoms with van der Waals surface area (Å²) in [4.78, 5) is 10.8. The van der Waals surface area contributed by atoms with Crippen molar-refractivity contribution in [2.75, 3.05) is 0 Å². The van der Waals surface area contributed by atoms with Gasteiger partial charge < -0.3 is 5.11 Å². The Morgan fingerprint density at radius 3 is 2.59 bits per heavy atom.